The van der Waals surface area contributed by atoms with Crippen molar-refractivity contribution >= 4 is 23.2 Å². The predicted molar refractivity (Wildman–Crippen MR) is 137 cm³/mol. The van der Waals surface area contributed by atoms with Crippen LogP contribution in [0.4, 0.5) is 0 Å². The molecule has 0 heterocycles. The van der Waals surface area contributed by atoms with Crippen molar-refractivity contribution in [3.8, 4) is 6.07 Å². The molecule has 0 aliphatic heterocycles. The first kappa shape index (κ1) is 25.2. The molecule has 4 aliphatic carbocycles. The third kappa shape index (κ3) is 4.28. The molecule has 0 aromatic heterocycles. The van der Waals surface area contributed by atoms with E-state index in [-0.39, 0.29) is 11.3 Å². The quantitative estimate of drug-likeness (QED) is 0.348. The summed E-state index contributed by atoms with van der Waals surface area (Å²) in [6, 6.07) is 2.32. The molecule has 0 aromatic rings. The second-order valence-corrected chi connectivity index (χ2v) is 14.4. The Hall–Kier alpha value is 0.0700. The van der Waals surface area contributed by atoms with Crippen molar-refractivity contribution in [1.82, 2.24) is 0 Å². The number of alkyl halides is 2. The van der Waals surface area contributed by atoms with E-state index in [2.05, 4.69) is 40.7 Å². The summed E-state index contributed by atoms with van der Waals surface area (Å²) in [7, 11) is 0. The van der Waals surface area contributed by atoms with Gasteiger partial charge in [-0.2, -0.15) is 5.26 Å². The topological polar surface area (TPSA) is 23.8 Å². The largest absolute Gasteiger partial charge is 0.197 e. The van der Waals surface area contributed by atoms with Gasteiger partial charge in [0, 0.05) is 11.3 Å². The third-order valence-electron chi connectivity index (χ3n) is 11.4. The molecule has 4 fully saturated rings. The Bertz CT molecular complexity index is 700. The molecule has 0 saturated heterocycles. The molecule has 4 rings (SSSR count). The number of nitrogens with zero attached hydrogens (tertiary/aromatic N) is 1. The van der Waals surface area contributed by atoms with E-state index < -0.39 is 5.38 Å². The van der Waals surface area contributed by atoms with Crippen molar-refractivity contribution in [2.24, 2.45) is 58.2 Å². The lowest BCUT2D eigenvalue weighted by Gasteiger charge is -2.62. The van der Waals surface area contributed by atoms with Gasteiger partial charge in [-0.25, -0.2) is 0 Å². The first-order valence-corrected chi connectivity index (χ1v) is 14.7. The summed E-state index contributed by atoms with van der Waals surface area (Å²) in [5.74, 6) is 6.09. The van der Waals surface area contributed by atoms with Crippen LogP contribution in [0.5, 0.6) is 0 Å². The smallest absolute Gasteiger partial charge is 0.124 e. The number of hydrogen-bond donors (Lipinski definition) is 0. The molecule has 4 aliphatic rings. The average Bonchev–Trinajstić information content (AvgIpc) is 3.10. The SMILES string of the molecule is CC(C)CCC[C@@H](C)[C@H]1CC[C@H]2[C@@H]3CCC4C[C@H](Cl)[C@H]([C@@H](Cl)C#N)C[C@]4(C)[C@H]3CC[C@]12C. The highest BCUT2D eigenvalue weighted by atomic mass is 35.5. The van der Waals surface area contributed by atoms with Crippen LogP contribution in [0.25, 0.3) is 0 Å². The van der Waals surface area contributed by atoms with E-state index in [1.54, 1.807) is 0 Å². The molecule has 11 atom stereocenters. The lowest BCUT2D eigenvalue weighted by atomic mass is 9.43. The minimum absolute atomic E-state index is 0.0724. The second kappa shape index (κ2) is 9.61. The molecule has 0 aromatic carbocycles. The summed E-state index contributed by atoms with van der Waals surface area (Å²) in [5.41, 5.74) is 0.873. The van der Waals surface area contributed by atoms with Crippen LogP contribution in [0.2, 0.25) is 0 Å². The van der Waals surface area contributed by atoms with Crippen molar-refractivity contribution in [2.45, 2.75) is 116 Å². The first-order valence-electron chi connectivity index (χ1n) is 13.8. The van der Waals surface area contributed by atoms with E-state index in [0.29, 0.717) is 10.8 Å². The summed E-state index contributed by atoms with van der Waals surface area (Å²) in [6.07, 6.45) is 14.8. The van der Waals surface area contributed by atoms with Gasteiger partial charge in [-0.15, -0.1) is 23.2 Å². The van der Waals surface area contributed by atoms with Crippen molar-refractivity contribution in [3.63, 3.8) is 0 Å². The van der Waals surface area contributed by atoms with Crippen LogP contribution in [-0.2, 0) is 0 Å². The zero-order valence-corrected chi connectivity index (χ0v) is 22.8. The van der Waals surface area contributed by atoms with Gasteiger partial charge in [-0.05, 0) is 104 Å². The Morgan fingerprint density at radius 3 is 2.38 bits per heavy atom. The van der Waals surface area contributed by atoms with Crippen LogP contribution in [0.15, 0.2) is 0 Å². The highest BCUT2D eigenvalue weighted by molar-refractivity contribution is 6.25. The van der Waals surface area contributed by atoms with Gasteiger partial charge in [0.05, 0.1) is 6.07 Å². The van der Waals surface area contributed by atoms with E-state index in [1.165, 1.54) is 57.8 Å². The van der Waals surface area contributed by atoms with Crippen LogP contribution in [0.1, 0.15) is 105 Å². The predicted octanol–water partition coefficient (Wildman–Crippen LogP) is 9.07. The van der Waals surface area contributed by atoms with Crippen LogP contribution in [0, 0.1) is 69.5 Å². The van der Waals surface area contributed by atoms with Gasteiger partial charge in [0.15, 0.2) is 0 Å². The van der Waals surface area contributed by atoms with Gasteiger partial charge in [0.2, 0.25) is 0 Å². The molecular weight excluding hydrogens is 433 g/mol. The minimum Gasteiger partial charge on any atom is -0.197 e. The summed E-state index contributed by atoms with van der Waals surface area (Å²) >= 11 is 13.3. The molecule has 1 nitrogen and oxygen atoms in total. The van der Waals surface area contributed by atoms with Gasteiger partial charge in [-0.3, -0.25) is 0 Å². The molecule has 0 amide bonds. The zero-order chi connectivity index (χ0) is 23.3. The minimum atomic E-state index is -0.438. The fourth-order valence-corrected chi connectivity index (χ4v) is 10.5. The Morgan fingerprint density at radius 1 is 0.969 bits per heavy atom. The summed E-state index contributed by atoms with van der Waals surface area (Å²) < 4.78 is 0. The molecule has 3 heteroatoms. The second-order valence-electron chi connectivity index (χ2n) is 13.3. The van der Waals surface area contributed by atoms with E-state index in [4.69, 9.17) is 23.2 Å². The van der Waals surface area contributed by atoms with Gasteiger partial charge >= 0.3 is 0 Å². The Balaban J connectivity index is 1.50. The van der Waals surface area contributed by atoms with E-state index >= 15 is 0 Å². The summed E-state index contributed by atoms with van der Waals surface area (Å²) in [4.78, 5) is 0. The van der Waals surface area contributed by atoms with Crippen molar-refractivity contribution in [3.05, 3.63) is 0 Å². The van der Waals surface area contributed by atoms with Crippen LogP contribution in [0.3, 0.4) is 0 Å². The fourth-order valence-electron chi connectivity index (χ4n) is 9.73. The molecule has 1 unspecified atom stereocenters. The third-order valence-corrected chi connectivity index (χ3v) is 12.3. The lowest BCUT2D eigenvalue weighted by molar-refractivity contribution is -0.121. The van der Waals surface area contributed by atoms with Crippen molar-refractivity contribution in [2.75, 3.05) is 0 Å². The van der Waals surface area contributed by atoms with Gasteiger partial charge in [-0.1, -0.05) is 53.9 Å². The molecule has 4 saturated carbocycles. The monoisotopic (exact) mass is 479 g/mol. The molecule has 0 N–H and O–H groups in total. The first-order chi connectivity index (χ1) is 15.1. The number of hydrogen-bond acceptors (Lipinski definition) is 1. The maximum absolute atomic E-state index is 9.51. The van der Waals surface area contributed by atoms with Gasteiger partial charge in [0.25, 0.3) is 0 Å². The Kier molecular flexibility index (Phi) is 7.56. The Labute approximate surface area is 208 Å². The van der Waals surface area contributed by atoms with Crippen LogP contribution in [-0.4, -0.2) is 10.8 Å². The van der Waals surface area contributed by atoms with Crippen LogP contribution >= 0.6 is 23.2 Å². The molecule has 0 bridgehead atoms. The number of nitriles is 1. The Morgan fingerprint density at radius 2 is 1.69 bits per heavy atom. The standard InChI is InChI=1S/C29H47Cl2N/c1-18(2)7-6-8-19(3)23-11-12-24-21-10-9-20-15-26(30)22(27(31)17-32)16-29(20,5)25(21)13-14-28(23,24)4/h18-27H,6-16H2,1-5H3/t19-,20?,21+,22-,23-,24+,25+,26+,27+,28-,29+/m1/s1. The molecule has 0 spiro atoms. The maximum atomic E-state index is 9.51. The zero-order valence-electron chi connectivity index (χ0n) is 21.3. The average molecular weight is 481 g/mol. The number of rotatable bonds is 6. The van der Waals surface area contributed by atoms with E-state index in [9.17, 15) is 5.26 Å². The van der Waals surface area contributed by atoms with Gasteiger partial charge in [0.1, 0.15) is 5.38 Å². The fraction of sp³-hybridized carbons (Fsp3) is 0.966. The van der Waals surface area contributed by atoms with E-state index in [1.807, 2.05) is 0 Å². The molecule has 32 heavy (non-hydrogen) atoms. The van der Waals surface area contributed by atoms with Crippen molar-refractivity contribution < 1.29 is 0 Å². The summed E-state index contributed by atoms with van der Waals surface area (Å²) in [6.45, 7) is 12.5. The molecule has 0 radical (unpaired) electrons. The van der Waals surface area contributed by atoms with Crippen LogP contribution < -0.4 is 0 Å². The van der Waals surface area contributed by atoms with Gasteiger partial charge < -0.3 is 0 Å². The highest BCUT2D eigenvalue weighted by Crippen LogP contribution is 2.69. The van der Waals surface area contributed by atoms with E-state index in [0.717, 1.165) is 54.3 Å². The number of fused-ring (bicyclic) bond motifs is 5. The summed E-state index contributed by atoms with van der Waals surface area (Å²) in [5, 5.41) is 9.14. The molecule has 182 valence electrons. The number of halogens is 2. The maximum Gasteiger partial charge on any atom is 0.124 e. The lowest BCUT2D eigenvalue weighted by Crippen LogP contribution is -2.56. The highest BCUT2D eigenvalue weighted by Gasteiger charge is 2.61. The molecular formula is C29H47Cl2N. The normalized spacial score (nSPS) is 47.8. The van der Waals surface area contributed by atoms with Crippen molar-refractivity contribution in [1.29, 1.82) is 5.26 Å².